The first-order valence-corrected chi connectivity index (χ1v) is 8.51. The van der Waals surface area contributed by atoms with Crippen LogP contribution in [0.15, 0.2) is 42.5 Å². The number of carbonyl (C=O) groups excluding carboxylic acids is 1. The van der Waals surface area contributed by atoms with Crippen LogP contribution in [0.4, 0.5) is 11.5 Å². The van der Waals surface area contributed by atoms with E-state index in [9.17, 15) is 14.9 Å². The van der Waals surface area contributed by atoms with Crippen molar-refractivity contribution in [3.05, 3.63) is 52.6 Å². The molecule has 8 heteroatoms. The number of nitrogens with one attached hydrogen (secondary N) is 1. The van der Waals surface area contributed by atoms with Gasteiger partial charge in [-0.1, -0.05) is 30.3 Å². The van der Waals surface area contributed by atoms with Crippen LogP contribution in [0.1, 0.15) is 12.8 Å². The van der Waals surface area contributed by atoms with Crippen LogP contribution < -0.4 is 11.1 Å². The Kier molecular flexibility index (Phi) is 5.43. The van der Waals surface area contributed by atoms with E-state index in [4.69, 9.17) is 5.73 Å². The number of rotatable bonds is 6. The van der Waals surface area contributed by atoms with Crippen molar-refractivity contribution in [2.75, 3.05) is 25.0 Å². The Balaban J connectivity index is 1.73. The highest BCUT2D eigenvalue weighted by Crippen LogP contribution is 2.29. The Hall–Kier alpha value is -3.00. The van der Waals surface area contributed by atoms with Gasteiger partial charge in [-0.15, -0.1) is 0 Å². The van der Waals surface area contributed by atoms with Crippen molar-refractivity contribution in [2.45, 2.75) is 18.9 Å². The van der Waals surface area contributed by atoms with E-state index in [1.165, 1.54) is 6.07 Å². The summed E-state index contributed by atoms with van der Waals surface area (Å²) in [5.41, 5.74) is 6.28. The molecule has 26 heavy (non-hydrogen) atoms. The average Bonchev–Trinajstić information content (AvgIpc) is 2.63. The summed E-state index contributed by atoms with van der Waals surface area (Å²) in [6, 6.07) is 12.5. The number of nitrogens with two attached hydrogens (primary N) is 1. The lowest BCUT2D eigenvalue weighted by Crippen LogP contribution is -2.43. The van der Waals surface area contributed by atoms with Gasteiger partial charge in [0.15, 0.2) is 5.69 Å². The molecule has 2 aromatic rings. The second-order valence-corrected chi connectivity index (χ2v) is 6.35. The van der Waals surface area contributed by atoms with Gasteiger partial charge in [-0.2, -0.15) is 0 Å². The summed E-state index contributed by atoms with van der Waals surface area (Å²) in [7, 11) is 0. The number of primary amides is 1. The minimum atomic E-state index is -0.415. The lowest BCUT2D eigenvalue weighted by Gasteiger charge is -2.31. The maximum absolute atomic E-state index is 11.3. The summed E-state index contributed by atoms with van der Waals surface area (Å²) in [4.78, 5) is 28.4. The SMILES string of the molecule is NC(=O)CN1CCC(Nc2ccc([N+](=O)[O-])c(-c3ccccc3)n2)CC1. The number of nitro groups is 1. The molecular formula is C18H21N5O3. The van der Waals surface area contributed by atoms with Gasteiger partial charge in [0.1, 0.15) is 5.82 Å². The molecule has 0 unspecified atom stereocenters. The van der Waals surface area contributed by atoms with Crippen LogP contribution >= 0.6 is 0 Å². The molecule has 1 aromatic heterocycles. The number of benzene rings is 1. The third-order valence-corrected chi connectivity index (χ3v) is 4.44. The standard InChI is InChI=1S/C18H21N5O3/c19-16(24)12-22-10-8-14(9-11-22)20-17-7-6-15(23(25)26)18(21-17)13-4-2-1-3-5-13/h1-7,14H,8-12H2,(H2,19,24)(H,20,21). The third-order valence-electron chi connectivity index (χ3n) is 4.44. The molecule has 3 rings (SSSR count). The van der Waals surface area contributed by atoms with E-state index >= 15 is 0 Å². The van der Waals surface area contributed by atoms with Crippen molar-refractivity contribution in [1.29, 1.82) is 0 Å². The van der Waals surface area contributed by atoms with Crippen LogP contribution in [0.25, 0.3) is 11.3 Å². The smallest absolute Gasteiger partial charge is 0.295 e. The maximum Gasteiger partial charge on any atom is 0.295 e. The number of amides is 1. The van der Waals surface area contributed by atoms with Crippen LogP contribution in [0, 0.1) is 10.1 Å². The Morgan fingerprint density at radius 3 is 2.54 bits per heavy atom. The highest BCUT2D eigenvalue weighted by Gasteiger charge is 2.22. The largest absolute Gasteiger partial charge is 0.369 e. The molecule has 1 aliphatic heterocycles. The van der Waals surface area contributed by atoms with Gasteiger partial charge in [0.25, 0.3) is 5.69 Å². The van der Waals surface area contributed by atoms with Crippen molar-refractivity contribution in [2.24, 2.45) is 5.73 Å². The van der Waals surface area contributed by atoms with Crippen molar-refractivity contribution < 1.29 is 9.72 Å². The summed E-state index contributed by atoms with van der Waals surface area (Å²) in [6.07, 6.45) is 1.71. The van der Waals surface area contributed by atoms with Crippen molar-refractivity contribution in [3.8, 4) is 11.3 Å². The molecule has 0 spiro atoms. The zero-order chi connectivity index (χ0) is 18.5. The zero-order valence-electron chi connectivity index (χ0n) is 14.3. The molecule has 1 saturated heterocycles. The number of piperidine rings is 1. The quantitative estimate of drug-likeness (QED) is 0.605. The fourth-order valence-corrected chi connectivity index (χ4v) is 3.15. The Morgan fingerprint density at radius 2 is 1.92 bits per heavy atom. The predicted molar refractivity (Wildman–Crippen MR) is 98.6 cm³/mol. The van der Waals surface area contributed by atoms with E-state index in [0.29, 0.717) is 17.1 Å². The van der Waals surface area contributed by atoms with Gasteiger partial charge in [-0.3, -0.25) is 19.8 Å². The number of hydrogen-bond donors (Lipinski definition) is 2. The number of likely N-dealkylation sites (tertiary alicyclic amines) is 1. The van der Waals surface area contributed by atoms with Crippen molar-refractivity contribution in [3.63, 3.8) is 0 Å². The first-order chi connectivity index (χ1) is 12.5. The van der Waals surface area contributed by atoms with E-state index in [1.807, 2.05) is 23.1 Å². The van der Waals surface area contributed by atoms with Gasteiger partial charge in [0.05, 0.1) is 11.5 Å². The molecule has 0 saturated carbocycles. The molecule has 1 fully saturated rings. The summed E-state index contributed by atoms with van der Waals surface area (Å²) in [5.74, 6) is 0.295. The summed E-state index contributed by atoms with van der Waals surface area (Å²) in [5, 5.41) is 14.7. The number of pyridine rings is 1. The third kappa shape index (κ3) is 4.34. The van der Waals surface area contributed by atoms with Crippen LogP contribution in [-0.2, 0) is 4.79 Å². The first-order valence-electron chi connectivity index (χ1n) is 8.51. The highest BCUT2D eigenvalue weighted by molar-refractivity contribution is 5.76. The molecule has 1 aliphatic rings. The molecule has 0 bridgehead atoms. The van der Waals surface area contributed by atoms with Crippen LogP contribution in [0.5, 0.6) is 0 Å². The topological polar surface area (TPSA) is 114 Å². The molecule has 0 radical (unpaired) electrons. The molecule has 0 aliphatic carbocycles. The number of hydrogen-bond acceptors (Lipinski definition) is 6. The highest BCUT2D eigenvalue weighted by atomic mass is 16.6. The Labute approximate surface area is 151 Å². The summed E-state index contributed by atoms with van der Waals surface area (Å²) in [6.45, 7) is 1.83. The minimum absolute atomic E-state index is 0.0157. The fourth-order valence-electron chi connectivity index (χ4n) is 3.15. The molecule has 136 valence electrons. The van der Waals surface area contributed by atoms with Crippen LogP contribution in [-0.4, -0.2) is 46.4 Å². The lowest BCUT2D eigenvalue weighted by molar-refractivity contribution is -0.384. The zero-order valence-corrected chi connectivity index (χ0v) is 14.3. The van der Waals surface area contributed by atoms with E-state index in [-0.39, 0.29) is 24.2 Å². The minimum Gasteiger partial charge on any atom is -0.369 e. The summed E-state index contributed by atoms with van der Waals surface area (Å²) >= 11 is 0. The molecular weight excluding hydrogens is 334 g/mol. The number of anilines is 1. The number of carbonyl (C=O) groups is 1. The second-order valence-electron chi connectivity index (χ2n) is 6.35. The number of nitrogens with zero attached hydrogens (tertiary/aromatic N) is 3. The normalized spacial score (nSPS) is 15.5. The van der Waals surface area contributed by atoms with Crippen LogP contribution in [0.2, 0.25) is 0 Å². The van der Waals surface area contributed by atoms with E-state index in [2.05, 4.69) is 10.3 Å². The maximum atomic E-state index is 11.3. The average molecular weight is 355 g/mol. The van der Waals surface area contributed by atoms with Crippen LogP contribution in [0.3, 0.4) is 0 Å². The molecule has 8 nitrogen and oxygen atoms in total. The Bertz CT molecular complexity index is 789. The molecule has 3 N–H and O–H groups in total. The van der Waals surface area contributed by atoms with Gasteiger partial charge >= 0.3 is 0 Å². The summed E-state index contributed by atoms with van der Waals surface area (Å²) < 4.78 is 0. The second kappa shape index (κ2) is 7.92. The van der Waals surface area contributed by atoms with E-state index in [0.717, 1.165) is 25.9 Å². The van der Waals surface area contributed by atoms with Gasteiger partial charge in [-0.25, -0.2) is 4.98 Å². The van der Waals surface area contributed by atoms with Gasteiger partial charge in [-0.05, 0) is 18.9 Å². The number of aromatic nitrogens is 1. The van der Waals surface area contributed by atoms with Gasteiger partial charge in [0.2, 0.25) is 5.91 Å². The molecule has 1 aromatic carbocycles. The first kappa shape index (κ1) is 17.8. The molecule has 2 heterocycles. The fraction of sp³-hybridized carbons (Fsp3) is 0.333. The van der Waals surface area contributed by atoms with E-state index in [1.54, 1.807) is 18.2 Å². The van der Waals surface area contributed by atoms with Crippen molar-refractivity contribution >= 4 is 17.4 Å². The Morgan fingerprint density at radius 1 is 1.23 bits per heavy atom. The molecule has 0 atom stereocenters. The van der Waals surface area contributed by atoms with Crippen molar-refractivity contribution in [1.82, 2.24) is 9.88 Å². The van der Waals surface area contributed by atoms with Gasteiger partial charge in [0, 0.05) is 30.8 Å². The van der Waals surface area contributed by atoms with E-state index < -0.39 is 4.92 Å². The monoisotopic (exact) mass is 355 g/mol. The molecule has 1 amide bonds. The predicted octanol–water partition coefficient (Wildman–Crippen LogP) is 2.02. The lowest BCUT2D eigenvalue weighted by atomic mass is 10.0. The van der Waals surface area contributed by atoms with Gasteiger partial charge < -0.3 is 11.1 Å².